The molecule has 4 nitrogen and oxygen atoms in total. The molecule has 0 radical (unpaired) electrons. The van der Waals surface area contributed by atoms with Crippen LogP contribution in [-0.4, -0.2) is 42.1 Å². The summed E-state index contributed by atoms with van der Waals surface area (Å²) < 4.78 is 6.33. The molecule has 0 aliphatic rings. The first-order valence-electron chi connectivity index (χ1n) is 9.59. The van der Waals surface area contributed by atoms with Crippen LogP contribution in [0, 0.1) is 0 Å². The van der Waals surface area contributed by atoms with Crippen LogP contribution < -0.4 is 0 Å². The van der Waals surface area contributed by atoms with Gasteiger partial charge in [-0.1, -0.05) is 36.4 Å². The highest BCUT2D eigenvalue weighted by Crippen LogP contribution is 2.27. The van der Waals surface area contributed by atoms with E-state index in [-0.39, 0.29) is 6.10 Å². The highest BCUT2D eigenvalue weighted by Gasteiger charge is 2.17. The van der Waals surface area contributed by atoms with Gasteiger partial charge in [-0.2, -0.15) is 0 Å². The first-order valence-corrected chi connectivity index (χ1v) is 9.59. The van der Waals surface area contributed by atoms with E-state index in [9.17, 15) is 0 Å². The molecule has 27 heavy (non-hydrogen) atoms. The largest absolute Gasteiger partial charge is 0.372 e. The van der Waals surface area contributed by atoms with Crippen molar-refractivity contribution in [2.45, 2.75) is 18.9 Å². The number of hydrogen-bond acceptors (Lipinski definition) is 2. The average molecular weight is 361 g/mol. The monoisotopic (exact) mass is 361 g/mol. The fourth-order valence-electron chi connectivity index (χ4n) is 3.58. The number of rotatable bonds is 8. The van der Waals surface area contributed by atoms with Gasteiger partial charge in [0.15, 0.2) is 0 Å². The van der Waals surface area contributed by atoms with Crippen molar-refractivity contribution < 1.29 is 4.74 Å². The van der Waals surface area contributed by atoms with E-state index in [4.69, 9.17) is 4.74 Å². The number of para-hydroxylation sites is 2. The standard InChI is InChI=1S/C23H27N3O/c1-26(2)12-7-13-27-23(22-15-18-9-4-6-11-21(18)25-22)16-19-14-17-8-3-5-10-20(17)24-19/h3-6,8-11,14-15,23-25H,7,12-13,16H2,1-2H3. The first kappa shape index (κ1) is 17.8. The predicted molar refractivity (Wildman–Crippen MR) is 112 cm³/mol. The van der Waals surface area contributed by atoms with Crippen LogP contribution >= 0.6 is 0 Å². The maximum Gasteiger partial charge on any atom is 0.103 e. The van der Waals surface area contributed by atoms with Gasteiger partial charge in [-0.3, -0.25) is 0 Å². The van der Waals surface area contributed by atoms with Gasteiger partial charge in [-0.05, 0) is 62.1 Å². The summed E-state index contributed by atoms with van der Waals surface area (Å²) in [4.78, 5) is 9.28. The van der Waals surface area contributed by atoms with Gasteiger partial charge >= 0.3 is 0 Å². The fourth-order valence-corrected chi connectivity index (χ4v) is 3.58. The first-order chi connectivity index (χ1) is 13.2. The number of nitrogens with zero attached hydrogens (tertiary/aromatic N) is 1. The third-order valence-electron chi connectivity index (χ3n) is 4.96. The second-order valence-corrected chi connectivity index (χ2v) is 7.41. The van der Waals surface area contributed by atoms with Gasteiger partial charge in [0, 0.05) is 35.4 Å². The third-order valence-corrected chi connectivity index (χ3v) is 4.96. The van der Waals surface area contributed by atoms with Crippen LogP contribution in [0.2, 0.25) is 0 Å². The van der Waals surface area contributed by atoms with Crippen molar-refractivity contribution in [1.82, 2.24) is 14.9 Å². The smallest absolute Gasteiger partial charge is 0.103 e. The van der Waals surface area contributed by atoms with Crippen LogP contribution in [0.4, 0.5) is 0 Å². The molecule has 0 fully saturated rings. The molecule has 2 heterocycles. The minimum atomic E-state index is 0.00706. The lowest BCUT2D eigenvalue weighted by molar-refractivity contribution is 0.0454. The molecule has 4 aromatic rings. The van der Waals surface area contributed by atoms with Crippen LogP contribution in [0.3, 0.4) is 0 Å². The van der Waals surface area contributed by atoms with Gasteiger partial charge in [-0.25, -0.2) is 0 Å². The molecular weight excluding hydrogens is 334 g/mol. The van der Waals surface area contributed by atoms with Crippen molar-refractivity contribution >= 4 is 21.8 Å². The Bertz CT molecular complexity index is 949. The lowest BCUT2D eigenvalue weighted by Crippen LogP contribution is -2.16. The van der Waals surface area contributed by atoms with E-state index >= 15 is 0 Å². The second-order valence-electron chi connectivity index (χ2n) is 7.41. The summed E-state index contributed by atoms with van der Waals surface area (Å²) in [6, 6.07) is 21.2. The quantitative estimate of drug-likeness (QED) is 0.438. The molecule has 4 rings (SSSR count). The second kappa shape index (κ2) is 7.99. The van der Waals surface area contributed by atoms with E-state index in [0.717, 1.165) is 37.2 Å². The molecule has 0 aliphatic carbocycles. The highest BCUT2D eigenvalue weighted by molar-refractivity contribution is 5.81. The SMILES string of the molecule is CN(C)CCCOC(Cc1cc2ccccc2[nH]1)c1cc2ccccc2[nH]1. The van der Waals surface area contributed by atoms with Gasteiger partial charge < -0.3 is 19.6 Å². The van der Waals surface area contributed by atoms with E-state index in [2.05, 4.69) is 89.6 Å². The van der Waals surface area contributed by atoms with Crippen molar-refractivity contribution in [3.63, 3.8) is 0 Å². The fraction of sp³-hybridized carbons (Fsp3) is 0.304. The summed E-state index contributed by atoms with van der Waals surface area (Å²) in [6.45, 7) is 1.78. The number of aromatic nitrogens is 2. The maximum absolute atomic E-state index is 6.33. The summed E-state index contributed by atoms with van der Waals surface area (Å²) >= 11 is 0. The predicted octanol–water partition coefficient (Wildman–Crippen LogP) is 4.90. The molecule has 0 bridgehead atoms. The van der Waals surface area contributed by atoms with Crippen LogP contribution in [0.15, 0.2) is 60.7 Å². The number of H-pyrrole nitrogens is 2. The van der Waals surface area contributed by atoms with E-state index in [1.165, 1.54) is 22.0 Å². The summed E-state index contributed by atoms with van der Waals surface area (Å²) in [6.07, 6.45) is 1.85. The molecule has 1 unspecified atom stereocenters. The molecule has 0 aliphatic heterocycles. The lowest BCUT2D eigenvalue weighted by Gasteiger charge is -2.17. The van der Waals surface area contributed by atoms with Gasteiger partial charge in [0.1, 0.15) is 6.10 Å². The van der Waals surface area contributed by atoms with Crippen LogP contribution in [-0.2, 0) is 11.2 Å². The van der Waals surface area contributed by atoms with Gasteiger partial charge in [0.05, 0.1) is 0 Å². The molecule has 0 spiro atoms. The Balaban J connectivity index is 1.56. The van der Waals surface area contributed by atoms with Crippen molar-refractivity contribution in [3.8, 4) is 0 Å². The number of fused-ring (bicyclic) bond motifs is 2. The van der Waals surface area contributed by atoms with Crippen molar-refractivity contribution in [2.24, 2.45) is 0 Å². The highest BCUT2D eigenvalue weighted by atomic mass is 16.5. The Labute approximate surface area is 160 Å². The summed E-state index contributed by atoms with van der Waals surface area (Å²) in [7, 11) is 4.19. The molecule has 1 atom stereocenters. The molecule has 2 aromatic carbocycles. The molecule has 140 valence electrons. The molecule has 0 amide bonds. The number of ether oxygens (including phenoxy) is 1. The number of benzene rings is 2. The summed E-state index contributed by atoms with van der Waals surface area (Å²) in [5.74, 6) is 0. The van der Waals surface area contributed by atoms with E-state index < -0.39 is 0 Å². The molecule has 0 saturated carbocycles. The van der Waals surface area contributed by atoms with Gasteiger partial charge in [0.2, 0.25) is 0 Å². The summed E-state index contributed by atoms with van der Waals surface area (Å²) in [5.41, 5.74) is 4.67. The van der Waals surface area contributed by atoms with Gasteiger partial charge in [-0.15, -0.1) is 0 Å². The minimum absolute atomic E-state index is 0.00706. The normalized spacial score (nSPS) is 13.0. The van der Waals surface area contributed by atoms with Crippen molar-refractivity contribution in [1.29, 1.82) is 0 Å². The molecule has 2 aromatic heterocycles. The van der Waals surface area contributed by atoms with Crippen molar-refractivity contribution in [2.75, 3.05) is 27.2 Å². The average Bonchev–Trinajstić information content (AvgIpc) is 3.27. The van der Waals surface area contributed by atoms with E-state index in [0.29, 0.717) is 0 Å². The van der Waals surface area contributed by atoms with Crippen LogP contribution in [0.25, 0.3) is 21.8 Å². The maximum atomic E-state index is 6.33. The summed E-state index contributed by atoms with van der Waals surface area (Å²) in [5, 5.41) is 2.47. The van der Waals surface area contributed by atoms with E-state index in [1.54, 1.807) is 0 Å². The topological polar surface area (TPSA) is 44.0 Å². The molecule has 2 N–H and O–H groups in total. The Morgan fingerprint density at radius 3 is 2.22 bits per heavy atom. The zero-order chi connectivity index (χ0) is 18.6. The zero-order valence-corrected chi connectivity index (χ0v) is 16.0. The van der Waals surface area contributed by atoms with Crippen LogP contribution in [0.5, 0.6) is 0 Å². The zero-order valence-electron chi connectivity index (χ0n) is 16.0. The van der Waals surface area contributed by atoms with Crippen molar-refractivity contribution in [3.05, 3.63) is 72.1 Å². The number of nitrogens with one attached hydrogen (secondary N) is 2. The Kier molecular flexibility index (Phi) is 5.28. The minimum Gasteiger partial charge on any atom is -0.372 e. The molecule has 0 saturated heterocycles. The number of aromatic amines is 2. The van der Waals surface area contributed by atoms with E-state index in [1.807, 2.05) is 0 Å². The molecule has 4 heteroatoms. The number of hydrogen-bond donors (Lipinski definition) is 2. The lowest BCUT2D eigenvalue weighted by atomic mass is 10.1. The van der Waals surface area contributed by atoms with Gasteiger partial charge in [0.25, 0.3) is 0 Å². The van der Waals surface area contributed by atoms with Crippen LogP contribution in [0.1, 0.15) is 23.9 Å². The Morgan fingerprint density at radius 1 is 0.889 bits per heavy atom. The Morgan fingerprint density at radius 2 is 1.56 bits per heavy atom. The third kappa shape index (κ3) is 4.24. The Hall–Kier alpha value is -2.56. The molecular formula is C23H27N3O.